The van der Waals surface area contributed by atoms with Gasteiger partial charge in [0.1, 0.15) is 0 Å². The summed E-state index contributed by atoms with van der Waals surface area (Å²) in [6, 6.07) is 11.7. The SMILES string of the molecule is CC(O)c1ccc2c(C(C)O)cccc2c1. The molecule has 0 spiro atoms. The quantitative estimate of drug-likeness (QED) is 0.810. The summed E-state index contributed by atoms with van der Waals surface area (Å²) in [6.45, 7) is 3.51. The van der Waals surface area contributed by atoms with Gasteiger partial charge in [-0.1, -0.05) is 30.3 Å². The van der Waals surface area contributed by atoms with E-state index in [1.54, 1.807) is 13.8 Å². The summed E-state index contributed by atoms with van der Waals surface area (Å²) >= 11 is 0. The molecule has 0 aliphatic carbocycles. The van der Waals surface area contributed by atoms with Gasteiger partial charge in [-0.05, 0) is 41.8 Å². The Morgan fingerprint density at radius 1 is 0.938 bits per heavy atom. The van der Waals surface area contributed by atoms with Gasteiger partial charge in [0.05, 0.1) is 12.2 Å². The molecule has 84 valence electrons. The Labute approximate surface area is 95.2 Å². The number of aliphatic hydroxyl groups excluding tert-OH is 2. The highest BCUT2D eigenvalue weighted by Crippen LogP contribution is 2.26. The Balaban J connectivity index is 2.64. The smallest absolute Gasteiger partial charge is 0.0767 e. The van der Waals surface area contributed by atoms with Gasteiger partial charge >= 0.3 is 0 Å². The van der Waals surface area contributed by atoms with Gasteiger partial charge in [0.15, 0.2) is 0 Å². The van der Waals surface area contributed by atoms with Crippen molar-refractivity contribution in [2.45, 2.75) is 26.1 Å². The molecule has 2 unspecified atom stereocenters. The van der Waals surface area contributed by atoms with Crippen molar-refractivity contribution < 1.29 is 10.2 Å². The first kappa shape index (κ1) is 11.1. The van der Waals surface area contributed by atoms with E-state index in [0.29, 0.717) is 0 Å². The molecule has 2 aromatic carbocycles. The Morgan fingerprint density at radius 3 is 2.31 bits per heavy atom. The maximum absolute atomic E-state index is 9.65. The van der Waals surface area contributed by atoms with Crippen LogP contribution in [0.5, 0.6) is 0 Å². The van der Waals surface area contributed by atoms with E-state index >= 15 is 0 Å². The van der Waals surface area contributed by atoms with Crippen LogP contribution in [0.2, 0.25) is 0 Å². The minimum Gasteiger partial charge on any atom is -0.389 e. The molecule has 2 nitrogen and oxygen atoms in total. The Kier molecular flexibility index (Phi) is 2.95. The van der Waals surface area contributed by atoms with E-state index < -0.39 is 12.2 Å². The van der Waals surface area contributed by atoms with Crippen LogP contribution >= 0.6 is 0 Å². The molecular weight excluding hydrogens is 200 g/mol. The van der Waals surface area contributed by atoms with Crippen LogP contribution in [0.4, 0.5) is 0 Å². The van der Waals surface area contributed by atoms with Crippen LogP contribution in [0.1, 0.15) is 37.2 Å². The van der Waals surface area contributed by atoms with Crippen molar-refractivity contribution >= 4 is 10.8 Å². The van der Waals surface area contributed by atoms with Gasteiger partial charge in [-0.3, -0.25) is 0 Å². The average Bonchev–Trinajstić information content (AvgIpc) is 2.27. The van der Waals surface area contributed by atoms with E-state index in [4.69, 9.17) is 0 Å². The van der Waals surface area contributed by atoms with E-state index in [1.165, 1.54) is 0 Å². The van der Waals surface area contributed by atoms with Gasteiger partial charge < -0.3 is 10.2 Å². The maximum atomic E-state index is 9.65. The lowest BCUT2D eigenvalue weighted by Gasteiger charge is -2.11. The van der Waals surface area contributed by atoms with E-state index in [2.05, 4.69) is 0 Å². The van der Waals surface area contributed by atoms with Crippen molar-refractivity contribution in [3.63, 3.8) is 0 Å². The van der Waals surface area contributed by atoms with Crippen LogP contribution in [0.25, 0.3) is 10.8 Å². The number of benzene rings is 2. The summed E-state index contributed by atoms with van der Waals surface area (Å²) in [4.78, 5) is 0. The van der Waals surface area contributed by atoms with Crippen molar-refractivity contribution in [1.29, 1.82) is 0 Å². The Morgan fingerprint density at radius 2 is 1.69 bits per heavy atom. The first-order chi connectivity index (χ1) is 7.59. The fraction of sp³-hybridized carbons (Fsp3) is 0.286. The highest BCUT2D eigenvalue weighted by molar-refractivity contribution is 5.86. The van der Waals surface area contributed by atoms with E-state index in [1.807, 2.05) is 36.4 Å². The molecule has 0 saturated heterocycles. The van der Waals surface area contributed by atoms with Crippen LogP contribution in [-0.4, -0.2) is 10.2 Å². The molecule has 0 radical (unpaired) electrons. The van der Waals surface area contributed by atoms with Crippen molar-refractivity contribution in [2.24, 2.45) is 0 Å². The molecule has 0 amide bonds. The van der Waals surface area contributed by atoms with Gasteiger partial charge in [-0.15, -0.1) is 0 Å². The minimum absolute atomic E-state index is 0.459. The minimum atomic E-state index is -0.471. The highest BCUT2D eigenvalue weighted by Gasteiger charge is 2.07. The molecule has 16 heavy (non-hydrogen) atoms. The summed E-state index contributed by atoms with van der Waals surface area (Å²) in [5.41, 5.74) is 1.82. The fourth-order valence-electron chi connectivity index (χ4n) is 1.95. The molecule has 2 rings (SSSR count). The first-order valence-corrected chi connectivity index (χ1v) is 5.48. The largest absolute Gasteiger partial charge is 0.389 e. The molecule has 2 heteroatoms. The monoisotopic (exact) mass is 216 g/mol. The molecule has 2 N–H and O–H groups in total. The predicted molar refractivity (Wildman–Crippen MR) is 65.2 cm³/mol. The molecular formula is C14H16O2. The summed E-state index contributed by atoms with van der Waals surface area (Å²) in [7, 11) is 0. The van der Waals surface area contributed by atoms with Gasteiger partial charge in [0.2, 0.25) is 0 Å². The molecule has 0 heterocycles. The zero-order valence-corrected chi connectivity index (χ0v) is 9.51. The second-order valence-electron chi connectivity index (χ2n) is 4.18. The molecule has 0 aliphatic heterocycles. The molecule has 0 aliphatic rings. The van der Waals surface area contributed by atoms with Crippen molar-refractivity contribution in [2.75, 3.05) is 0 Å². The second kappa shape index (κ2) is 4.24. The predicted octanol–water partition coefficient (Wildman–Crippen LogP) is 2.95. The molecule has 0 fully saturated rings. The lowest BCUT2D eigenvalue weighted by molar-refractivity contribution is 0.199. The van der Waals surface area contributed by atoms with E-state index in [9.17, 15) is 10.2 Å². The Hall–Kier alpha value is -1.38. The zero-order chi connectivity index (χ0) is 11.7. The number of aliphatic hydroxyl groups is 2. The molecule has 2 atom stereocenters. The lowest BCUT2D eigenvalue weighted by atomic mass is 9.98. The van der Waals surface area contributed by atoms with Crippen LogP contribution in [0.3, 0.4) is 0 Å². The third-order valence-corrected chi connectivity index (χ3v) is 2.87. The standard InChI is InChI=1S/C14H16O2/c1-9(15)11-6-7-14-12(8-11)4-3-5-13(14)10(2)16/h3-10,15-16H,1-2H3. The topological polar surface area (TPSA) is 40.5 Å². The van der Waals surface area contributed by atoms with Crippen molar-refractivity contribution in [3.8, 4) is 0 Å². The lowest BCUT2D eigenvalue weighted by Crippen LogP contribution is -1.94. The highest BCUT2D eigenvalue weighted by atomic mass is 16.3. The fourth-order valence-corrected chi connectivity index (χ4v) is 1.95. The summed E-state index contributed by atoms with van der Waals surface area (Å²) in [6.07, 6.45) is -0.930. The van der Waals surface area contributed by atoms with Gasteiger partial charge in [-0.2, -0.15) is 0 Å². The Bertz CT molecular complexity index is 501. The third-order valence-electron chi connectivity index (χ3n) is 2.87. The number of hydrogen-bond donors (Lipinski definition) is 2. The van der Waals surface area contributed by atoms with Gasteiger partial charge in [-0.25, -0.2) is 0 Å². The third kappa shape index (κ3) is 1.94. The maximum Gasteiger partial charge on any atom is 0.0767 e. The molecule has 0 bridgehead atoms. The van der Waals surface area contributed by atoms with Crippen LogP contribution < -0.4 is 0 Å². The van der Waals surface area contributed by atoms with Crippen molar-refractivity contribution in [3.05, 3.63) is 47.5 Å². The average molecular weight is 216 g/mol. The summed E-state index contributed by atoms with van der Waals surface area (Å²) in [5.74, 6) is 0. The number of fused-ring (bicyclic) bond motifs is 1. The molecule has 0 saturated carbocycles. The van der Waals surface area contributed by atoms with Crippen molar-refractivity contribution in [1.82, 2.24) is 0 Å². The van der Waals surface area contributed by atoms with Gasteiger partial charge in [0.25, 0.3) is 0 Å². The van der Waals surface area contributed by atoms with E-state index in [-0.39, 0.29) is 0 Å². The second-order valence-corrected chi connectivity index (χ2v) is 4.18. The first-order valence-electron chi connectivity index (χ1n) is 5.48. The van der Waals surface area contributed by atoms with E-state index in [0.717, 1.165) is 21.9 Å². The van der Waals surface area contributed by atoms with Crippen LogP contribution in [0, 0.1) is 0 Å². The summed E-state index contributed by atoms with van der Waals surface area (Å²) < 4.78 is 0. The van der Waals surface area contributed by atoms with Gasteiger partial charge in [0, 0.05) is 0 Å². The normalized spacial score (nSPS) is 15.0. The number of hydrogen-bond acceptors (Lipinski definition) is 2. The zero-order valence-electron chi connectivity index (χ0n) is 9.51. The molecule has 0 aromatic heterocycles. The van der Waals surface area contributed by atoms with Crippen LogP contribution in [-0.2, 0) is 0 Å². The number of rotatable bonds is 2. The van der Waals surface area contributed by atoms with Crippen LogP contribution in [0.15, 0.2) is 36.4 Å². The summed E-state index contributed by atoms with van der Waals surface area (Å²) in [5, 5.41) is 21.3. The molecule has 2 aromatic rings.